The lowest BCUT2D eigenvalue weighted by molar-refractivity contribution is 0.0441. The van der Waals surface area contributed by atoms with Crippen molar-refractivity contribution < 1.29 is 22.4 Å². The van der Waals surface area contributed by atoms with Crippen LogP contribution in [0.5, 0.6) is 0 Å². The number of ether oxygens (including phenoxy) is 1. The first-order chi connectivity index (χ1) is 15.3. The van der Waals surface area contributed by atoms with Gasteiger partial charge in [0.05, 0.1) is 16.5 Å². The van der Waals surface area contributed by atoms with Crippen LogP contribution in [0.1, 0.15) is 47.6 Å². The van der Waals surface area contributed by atoms with Crippen LogP contribution in [-0.2, 0) is 34.3 Å². The minimum atomic E-state index is -3.70. The fourth-order valence-electron chi connectivity index (χ4n) is 3.70. The third-order valence-corrected chi connectivity index (χ3v) is 7.21. The first-order valence-electron chi connectivity index (χ1n) is 10.5. The topological polar surface area (TPSA) is 112 Å². The second-order valence-corrected chi connectivity index (χ2v) is 10.0. The zero-order valence-electron chi connectivity index (χ0n) is 18.0. The van der Waals surface area contributed by atoms with Crippen molar-refractivity contribution in [3.05, 3.63) is 57.8 Å². The summed E-state index contributed by atoms with van der Waals surface area (Å²) in [4.78, 5) is 30.1. The summed E-state index contributed by atoms with van der Waals surface area (Å²) in [6, 6.07) is 7.46. The smallest absolute Gasteiger partial charge is 0.338 e. The van der Waals surface area contributed by atoms with Crippen molar-refractivity contribution >= 4 is 26.9 Å². The van der Waals surface area contributed by atoms with Gasteiger partial charge in [-0.2, -0.15) is 0 Å². The molecule has 10 heteroatoms. The Balaban J connectivity index is 1.54. The molecule has 0 saturated heterocycles. The number of carbonyl (C=O) groups excluding carboxylic acids is 1. The highest BCUT2D eigenvalue weighted by Gasteiger charge is 2.22. The molecule has 0 spiro atoms. The molecule has 0 unspecified atom stereocenters. The molecular weight excluding hydrogens is 434 g/mol. The Bertz CT molecular complexity index is 1320. The van der Waals surface area contributed by atoms with Crippen LogP contribution in [-0.4, -0.2) is 42.3 Å². The molecular formula is C22H25N3O6S. The Morgan fingerprint density at radius 2 is 1.94 bits per heavy atom. The van der Waals surface area contributed by atoms with Crippen molar-refractivity contribution in [3.63, 3.8) is 0 Å². The summed E-state index contributed by atoms with van der Waals surface area (Å²) in [7, 11) is -0.901. The van der Waals surface area contributed by atoms with Crippen LogP contribution in [0.2, 0.25) is 0 Å². The largest absolute Gasteiger partial charge is 0.454 e. The van der Waals surface area contributed by atoms with Gasteiger partial charge in [-0.15, -0.1) is 0 Å². The minimum absolute atomic E-state index is 0.0861. The number of benzene rings is 1. The molecule has 9 nitrogen and oxygen atoms in total. The predicted octanol–water partition coefficient (Wildman–Crippen LogP) is 2.71. The molecule has 3 aromatic rings. The molecule has 1 aromatic carbocycles. The summed E-state index contributed by atoms with van der Waals surface area (Å²) in [6.45, 7) is 0.440. The van der Waals surface area contributed by atoms with Crippen molar-refractivity contribution in [3.8, 4) is 0 Å². The van der Waals surface area contributed by atoms with E-state index in [1.807, 2.05) is 0 Å². The number of carbonyl (C=O) groups is 1. The number of aromatic nitrogens is 2. The number of rotatable bonds is 5. The van der Waals surface area contributed by atoms with Crippen molar-refractivity contribution in [2.24, 2.45) is 0 Å². The maximum absolute atomic E-state index is 12.9. The van der Waals surface area contributed by atoms with Crippen molar-refractivity contribution in [1.82, 2.24) is 13.9 Å². The summed E-state index contributed by atoms with van der Waals surface area (Å²) in [5.74, 6) is 0.337. The Morgan fingerprint density at radius 3 is 2.72 bits per heavy atom. The Morgan fingerprint density at radius 1 is 1.16 bits per heavy atom. The molecule has 0 aliphatic carbocycles. The lowest BCUT2D eigenvalue weighted by Crippen LogP contribution is -2.26. The summed E-state index contributed by atoms with van der Waals surface area (Å²) >= 11 is 0. The van der Waals surface area contributed by atoms with Gasteiger partial charge < -0.3 is 9.15 Å². The van der Waals surface area contributed by atoms with E-state index in [0.717, 1.165) is 42.2 Å². The van der Waals surface area contributed by atoms with E-state index >= 15 is 0 Å². The van der Waals surface area contributed by atoms with Gasteiger partial charge in [-0.25, -0.2) is 22.5 Å². The molecule has 32 heavy (non-hydrogen) atoms. The Labute approximate surface area is 185 Å². The fourth-order valence-corrected chi connectivity index (χ4v) is 4.51. The normalized spacial score (nSPS) is 14.7. The average molecular weight is 460 g/mol. The first-order valence-corrected chi connectivity index (χ1v) is 11.9. The summed E-state index contributed by atoms with van der Waals surface area (Å²) in [5, 5.41) is 0.246. The molecule has 0 atom stereocenters. The van der Waals surface area contributed by atoms with E-state index in [4.69, 9.17) is 9.15 Å². The van der Waals surface area contributed by atoms with Gasteiger partial charge in [0.1, 0.15) is 18.2 Å². The third kappa shape index (κ3) is 4.33. The van der Waals surface area contributed by atoms with Gasteiger partial charge in [-0.3, -0.25) is 9.36 Å². The zero-order valence-corrected chi connectivity index (χ0v) is 18.9. The van der Waals surface area contributed by atoms with Crippen molar-refractivity contribution in [1.29, 1.82) is 0 Å². The molecule has 3 heterocycles. The molecule has 170 valence electrons. The molecule has 2 aromatic heterocycles. The molecule has 0 bridgehead atoms. The quantitative estimate of drug-likeness (QED) is 0.539. The molecule has 4 rings (SSSR count). The second kappa shape index (κ2) is 8.87. The summed E-state index contributed by atoms with van der Waals surface area (Å²) < 4.78 is 37.5. The maximum Gasteiger partial charge on any atom is 0.338 e. The van der Waals surface area contributed by atoms with E-state index in [1.54, 1.807) is 16.7 Å². The van der Waals surface area contributed by atoms with Crippen LogP contribution >= 0.6 is 0 Å². The number of nitrogens with zero attached hydrogens (tertiary/aromatic N) is 3. The van der Waals surface area contributed by atoms with E-state index < -0.39 is 16.0 Å². The van der Waals surface area contributed by atoms with E-state index in [9.17, 15) is 18.0 Å². The molecule has 1 aliphatic heterocycles. The van der Waals surface area contributed by atoms with E-state index in [1.165, 1.54) is 32.3 Å². The van der Waals surface area contributed by atoms with E-state index in [0.29, 0.717) is 17.4 Å². The fraction of sp³-hybridized carbons (Fsp3) is 0.409. The molecule has 1 aliphatic rings. The van der Waals surface area contributed by atoms with Crippen LogP contribution < -0.4 is 5.56 Å². The van der Waals surface area contributed by atoms with Crippen LogP contribution in [0, 0.1) is 0 Å². The van der Waals surface area contributed by atoms with Gasteiger partial charge in [0, 0.05) is 27.1 Å². The number of aryl methyl sites for hydroxylation is 1. The highest BCUT2D eigenvalue weighted by atomic mass is 32.2. The van der Waals surface area contributed by atoms with Gasteiger partial charge in [0.2, 0.25) is 5.09 Å². The lowest BCUT2D eigenvalue weighted by atomic mass is 10.1. The monoisotopic (exact) mass is 459 g/mol. The molecule has 0 saturated carbocycles. The molecule has 0 radical (unpaired) electrons. The van der Waals surface area contributed by atoms with Gasteiger partial charge in [-0.05, 0) is 43.2 Å². The van der Waals surface area contributed by atoms with E-state index in [2.05, 4.69) is 4.98 Å². The lowest BCUT2D eigenvalue weighted by Gasteiger charge is -2.16. The standard InChI is InChI=1S/C22H25N3O6S/c1-24(2)32(28,29)20-11-9-16(31-20)14-30-22(27)15-8-10-17-18(13-15)23-19-7-5-3-4-6-12-25(19)21(17)26/h8-11,13H,3-7,12,14H2,1-2H3. The number of fused-ring (bicyclic) bond motifs is 2. The number of esters is 1. The van der Waals surface area contributed by atoms with Gasteiger partial charge in [-0.1, -0.05) is 12.8 Å². The van der Waals surface area contributed by atoms with Crippen LogP contribution in [0.15, 0.2) is 44.6 Å². The summed E-state index contributed by atoms with van der Waals surface area (Å²) in [5.41, 5.74) is 0.638. The Kier molecular flexibility index (Phi) is 6.16. The second-order valence-electron chi connectivity index (χ2n) is 7.97. The Hall–Kier alpha value is -2.98. The predicted molar refractivity (Wildman–Crippen MR) is 117 cm³/mol. The average Bonchev–Trinajstić information content (AvgIpc) is 3.23. The van der Waals surface area contributed by atoms with E-state index in [-0.39, 0.29) is 28.6 Å². The van der Waals surface area contributed by atoms with Gasteiger partial charge in [0.15, 0.2) is 0 Å². The SMILES string of the molecule is CN(C)S(=O)(=O)c1ccc(COC(=O)c2ccc3c(=O)n4c(nc3c2)CCCCCC4)o1. The van der Waals surface area contributed by atoms with Crippen molar-refractivity contribution in [2.75, 3.05) is 14.1 Å². The number of hydrogen-bond acceptors (Lipinski definition) is 7. The van der Waals surface area contributed by atoms with Crippen LogP contribution in [0.4, 0.5) is 0 Å². The van der Waals surface area contributed by atoms with Crippen molar-refractivity contribution in [2.45, 2.75) is 50.3 Å². The molecule has 0 amide bonds. The highest BCUT2D eigenvalue weighted by Crippen LogP contribution is 2.19. The van der Waals surface area contributed by atoms with Crippen LogP contribution in [0.25, 0.3) is 10.9 Å². The van der Waals surface area contributed by atoms with Gasteiger partial charge in [0.25, 0.3) is 15.6 Å². The molecule has 0 N–H and O–H groups in total. The molecule has 0 fully saturated rings. The minimum Gasteiger partial charge on any atom is -0.454 e. The number of furan rings is 1. The first kappa shape index (κ1) is 22.2. The maximum atomic E-state index is 12.9. The number of hydrogen-bond donors (Lipinski definition) is 0. The summed E-state index contributed by atoms with van der Waals surface area (Å²) in [6.07, 6.45) is 4.89. The number of sulfonamides is 1. The highest BCUT2D eigenvalue weighted by molar-refractivity contribution is 7.88. The third-order valence-electron chi connectivity index (χ3n) is 5.52. The zero-order chi connectivity index (χ0) is 22.9. The van der Waals surface area contributed by atoms with Crippen LogP contribution in [0.3, 0.4) is 0 Å². The van der Waals surface area contributed by atoms with Gasteiger partial charge >= 0.3 is 5.97 Å².